The average molecular weight is 458 g/mol. The first-order chi connectivity index (χ1) is 15.3. The maximum Gasteiger partial charge on any atom is 0.270 e. The first kappa shape index (κ1) is 22.4. The molecule has 0 unspecified atom stereocenters. The van der Waals surface area contributed by atoms with Gasteiger partial charge >= 0.3 is 0 Å². The largest absolute Gasteiger partial charge is 0.349 e. The van der Waals surface area contributed by atoms with Gasteiger partial charge in [0.25, 0.3) is 5.69 Å². The number of hydrogen-bond acceptors (Lipinski definition) is 5. The van der Waals surface area contributed by atoms with E-state index >= 15 is 0 Å². The summed E-state index contributed by atoms with van der Waals surface area (Å²) in [7, 11) is -3.87. The molecule has 1 aliphatic carbocycles. The van der Waals surface area contributed by atoms with Crippen LogP contribution >= 0.6 is 0 Å². The van der Waals surface area contributed by atoms with Crippen LogP contribution in [0.5, 0.6) is 0 Å². The Bertz CT molecular complexity index is 1110. The van der Waals surface area contributed by atoms with Crippen molar-refractivity contribution in [2.45, 2.75) is 43.5 Å². The first-order valence-corrected chi connectivity index (χ1v) is 12.3. The van der Waals surface area contributed by atoms with Crippen LogP contribution in [0, 0.1) is 28.9 Å². The Labute approximate surface area is 187 Å². The molecular formula is C23H27N3O5S. The fourth-order valence-electron chi connectivity index (χ4n) is 4.31. The van der Waals surface area contributed by atoms with Gasteiger partial charge in [-0.25, -0.2) is 8.42 Å². The molecule has 2 aromatic carbocycles. The van der Waals surface area contributed by atoms with E-state index in [-0.39, 0.29) is 41.5 Å². The van der Waals surface area contributed by atoms with Crippen LogP contribution in [-0.2, 0) is 14.8 Å². The minimum absolute atomic E-state index is 0.00187. The van der Waals surface area contributed by atoms with Crippen molar-refractivity contribution in [3.63, 3.8) is 0 Å². The SMILES string of the molecule is Cc1ccc([N+](=O)[O-])cc1S(=O)(=O)N1CCC(C(=O)N[C@@H](c2ccccc2)C2CC2)CC1. The molecule has 1 aliphatic heterocycles. The van der Waals surface area contributed by atoms with Crippen LogP contribution in [0.25, 0.3) is 0 Å². The molecule has 1 saturated heterocycles. The molecule has 2 aliphatic rings. The van der Waals surface area contributed by atoms with Gasteiger partial charge in [-0.1, -0.05) is 36.4 Å². The van der Waals surface area contributed by atoms with E-state index in [1.807, 2.05) is 30.3 Å². The highest BCUT2D eigenvalue weighted by atomic mass is 32.2. The molecule has 2 aromatic rings. The van der Waals surface area contributed by atoms with E-state index in [1.165, 1.54) is 16.4 Å². The van der Waals surface area contributed by atoms with E-state index in [0.717, 1.165) is 24.5 Å². The zero-order valence-electron chi connectivity index (χ0n) is 17.9. The molecule has 1 saturated carbocycles. The summed E-state index contributed by atoms with van der Waals surface area (Å²) in [6.07, 6.45) is 3.04. The van der Waals surface area contributed by atoms with Crippen molar-refractivity contribution in [3.8, 4) is 0 Å². The van der Waals surface area contributed by atoms with Crippen molar-refractivity contribution in [3.05, 3.63) is 69.8 Å². The highest BCUT2D eigenvalue weighted by molar-refractivity contribution is 7.89. The predicted molar refractivity (Wildman–Crippen MR) is 119 cm³/mol. The van der Waals surface area contributed by atoms with Gasteiger partial charge in [-0.15, -0.1) is 0 Å². The topological polar surface area (TPSA) is 110 Å². The number of nitro benzene ring substituents is 1. The monoisotopic (exact) mass is 457 g/mol. The minimum Gasteiger partial charge on any atom is -0.349 e. The molecular weight excluding hydrogens is 430 g/mol. The van der Waals surface area contributed by atoms with Gasteiger partial charge in [-0.3, -0.25) is 14.9 Å². The van der Waals surface area contributed by atoms with Gasteiger partial charge in [0.15, 0.2) is 0 Å². The molecule has 8 nitrogen and oxygen atoms in total. The molecule has 170 valence electrons. The highest BCUT2D eigenvalue weighted by Gasteiger charge is 2.37. The number of benzene rings is 2. The van der Waals surface area contributed by atoms with Crippen LogP contribution in [0.1, 0.15) is 42.9 Å². The zero-order chi connectivity index (χ0) is 22.9. The first-order valence-electron chi connectivity index (χ1n) is 10.9. The number of nitro groups is 1. The maximum atomic E-state index is 13.1. The lowest BCUT2D eigenvalue weighted by atomic mass is 9.95. The van der Waals surface area contributed by atoms with Crippen molar-refractivity contribution in [2.75, 3.05) is 13.1 Å². The van der Waals surface area contributed by atoms with Gasteiger partial charge in [-0.05, 0) is 49.7 Å². The number of hydrogen-bond donors (Lipinski definition) is 1. The van der Waals surface area contributed by atoms with Crippen molar-refractivity contribution >= 4 is 21.6 Å². The molecule has 1 heterocycles. The smallest absolute Gasteiger partial charge is 0.270 e. The molecule has 0 spiro atoms. The maximum absolute atomic E-state index is 13.1. The summed E-state index contributed by atoms with van der Waals surface area (Å²) in [6, 6.07) is 13.8. The van der Waals surface area contributed by atoms with E-state index in [0.29, 0.717) is 24.3 Å². The Morgan fingerprint density at radius 3 is 2.34 bits per heavy atom. The van der Waals surface area contributed by atoms with E-state index in [4.69, 9.17) is 0 Å². The Balaban J connectivity index is 1.42. The zero-order valence-corrected chi connectivity index (χ0v) is 18.8. The van der Waals surface area contributed by atoms with E-state index in [1.54, 1.807) is 6.92 Å². The van der Waals surface area contributed by atoms with Crippen LogP contribution in [0.4, 0.5) is 5.69 Å². The summed E-state index contributed by atoms with van der Waals surface area (Å²) < 4.78 is 27.6. The van der Waals surface area contributed by atoms with Gasteiger partial charge in [0.05, 0.1) is 15.9 Å². The van der Waals surface area contributed by atoms with E-state index in [9.17, 15) is 23.3 Å². The number of rotatable bonds is 7. The van der Waals surface area contributed by atoms with Crippen molar-refractivity contribution in [1.82, 2.24) is 9.62 Å². The van der Waals surface area contributed by atoms with Crippen LogP contribution < -0.4 is 5.32 Å². The Kier molecular flexibility index (Phi) is 6.30. The molecule has 1 N–H and O–H groups in total. The lowest BCUT2D eigenvalue weighted by Gasteiger charge is -2.32. The summed E-state index contributed by atoms with van der Waals surface area (Å²) in [5.41, 5.74) is 1.31. The number of sulfonamides is 1. The van der Waals surface area contributed by atoms with Crippen LogP contribution in [0.2, 0.25) is 0 Å². The predicted octanol–water partition coefficient (Wildman–Crippen LogP) is 3.57. The van der Waals surface area contributed by atoms with Gasteiger partial charge < -0.3 is 5.32 Å². The number of nitrogens with one attached hydrogen (secondary N) is 1. The van der Waals surface area contributed by atoms with Crippen molar-refractivity contribution < 1.29 is 18.1 Å². The van der Waals surface area contributed by atoms with Gasteiger partial charge in [0.1, 0.15) is 0 Å². The molecule has 9 heteroatoms. The third kappa shape index (κ3) is 4.68. The normalized spacial score (nSPS) is 18.8. The third-order valence-electron chi connectivity index (χ3n) is 6.37. The van der Waals surface area contributed by atoms with Gasteiger partial charge in [0, 0.05) is 31.1 Å². The molecule has 0 bridgehead atoms. The van der Waals surface area contributed by atoms with Crippen LogP contribution in [-0.4, -0.2) is 36.6 Å². The number of non-ortho nitro benzene ring substituents is 1. The second-order valence-corrected chi connectivity index (χ2v) is 10.5. The number of piperidine rings is 1. The Morgan fingerprint density at radius 1 is 1.09 bits per heavy atom. The van der Waals surface area contributed by atoms with Gasteiger partial charge in [0.2, 0.25) is 15.9 Å². The van der Waals surface area contributed by atoms with E-state index < -0.39 is 14.9 Å². The van der Waals surface area contributed by atoms with Crippen LogP contribution in [0.15, 0.2) is 53.4 Å². The fraction of sp³-hybridized carbons (Fsp3) is 0.435. The third-order valence-corrected chi connectivity index (χ3v) is 8.42. The van der Waals surface area contributed by atoms with Gasteiger partial charge in [-0.2, -0.15) is 4.31 Å². The average Bonchev–Trinajstić information content (AvgIpc) is 3.63. The number of aryl methyl sites for hydroxylation is 1. The summed E-state index contributed by atoms with van der Waals surface area (Å²) in [5, 5.41) is 14.3. The molecule has 2 fully saturated rings. The molecule has 0 aromatic heterocycles. The molecule has 32 heavy (non-hydrogen) atoms. The quantitative estimate of drug-likeness (QED) is 0.505. The van der Waals surface area contributed by atoms with Crippen LogP contribution in [0.3, 0.4) is 0 Å². The fourth-order valence-corrected chi connectivity index (χ4v) is 6.03. The van der Waals surface area contributed by atoms with Crippen molar-refractivity contribution in [1.29, 1.82) is 0 Å². The standard InChI is InChI=1S/C23H27N3O5S/c1-16-7-10-20(26(28)29)15-21(16)32(30,31)25-13-11-19(12-14-25)23(27)24-22(18-8-9-18)17-5-3-2-4-6-17/h2-7,10,15,18-19,22H,8-9,11-14H2,1H3,(H,24,27)/t22-/m0/s1. The minimum atomic E-state index is -3.87. The van der Waals surface area contributed by atoms with Crippen molar-refractivity contribution in [2.24, 2.45) is 11.8 Å². The number of nitrogens with zero attached hydrogens (tertiary/aromatic N) is 2. The summed E-state index contributed by atoms with van der Waals surface area (Å²) in [5.74, 6) is 0.172. The highest BCUT2D eigenvalue weighted by Crippen LogP contribution is 2.41. The van der Waals surface area contributed by atoms with E-state index in [2.05, 4.69) is 5.32 Å². The number of carbonyl (C=O) groups excluding carboxylic acids is 1. The second-order valence-electron chi connectivity index (χ2n) is 8.62. The lowest BCUT2D eigenvalue weighted by Crippen LogP contribution is -2.44. The molecule has 4 rings (SSSR count). The second kappa shape index (κ2) is 8.99. The number of amides is 1. The summed E-state index contributed by atoms with van der Waals surface area (Å²) >= 11 is 0. The summed E-state index contributed by atoms with van der Waals surface area (Å²) in [4.78, 5) is 23.4. The molecule has 0 radical (unpaired) electrons. The molecule has 1 atom stereocenters. The Morgan fingerprint density at radius 2 is 1.75 bits per heavy atom. The lowest BCUT2D eigenvalue weighted by molar-refractivity contribution is -0.385. The molecule has 1 amide bonds. The summed E-state index contributed by atoms with van der Waals surface area (Å²) in [6.45, 7) is 2.04. The Hall–Kier alpha value is -2.78. The number of carbonyl (C=O) groups is 1.